The third-order valence-corrected chi connectivity index (χ3v) is 6.15. The van der Waals surface area contributed by atoms with Gasteiger partial charge in [-0.15, -0.1) is 11.3 Å². The molecule has 5 rings (SSSR count). The van der Waals surface area contributed by atoms with Crippen LogP contribution in [0.2, 0.25) is 5.02 Å². The summed E-state index contributed by atoms with van der Waals surface area (Å²) in [6, 6.07) is 13.2. The van der Waals surface area contributed by atoms with Crippen molar-refractivity contribution in [2.75, 3.05) is 5.01 Å². The van der Waals surface area contributed by atoms with Crippen molar-refractivity contribution in [1.29, 1.82) is 0 Å². The Hall–Kier alpha value is -3.29. The van der Waals surface area contributed by atoms with E-state index in [0.717, 1.165) is 15.2 Å². The number of aryl methyl sites for hydroxylation is 1. The van der Waals surface area contributed by atoms with Gasteiger partial charge in [-0.2, -0.15) is 9.69 Å². The number of aromatic nitrogens is 2. The molecule has 3 heterocycles. The number of amides is 2. The minimum absolute atomic E-state index is 0.204. The van der Waals surface area contributed by atoms with Gasteiger partial charge in [-0.1, -0.05) is 23.7 Å². The molecule has 1 aliphatic rings. The van der Waals surface area contributed by atoms with Crippen LogP contribution in [-0.2, 0) is 0 Å². The summed E-state index contributed by atoms with van der Waals surface area (Å²) in [4.78, 5) is 44.1. The zero-order chi connectivity index (χ0) is 20.3. The molecule has 0 spiro atoms. The number of hydrogen-bond acceptors (Lipinski definition) is 5. The Kier molecular flexibility index (Phi) is 3.90. The normalized spacial score (nSPS) is 13.4. The van der Waals surface area contributed by atoms with Crippen molar-refractivity contribution >= 4 is 45.0 Å². The maximum atomic E-state index is 13.4. The van der Waals surface area contributed by atoms with Crippen LogP contribution in [-0.4, -0.2) is 21.5 Å². The molecule has 4 aromatic rings. The van der Waals surface area contributed by atoms with E-state index in [-0.39, 0.29) is 17.0 Å². The fraction of sp³-hybridized carbons (Fsp3) is 0.0476. The van der Waals surface area contributed by atoms with Crippen LogP contribution < -0.4 is 10.6 Å². The molecule has 0 radical (unpaired) electrons. The Morgan fingerprint density at radius 3 is 2.17 bits per heavy atom. The van der Waals surface area contributed by atoms with Crippen LogP contribution in [0.1, 0.15) is 26.3 Å². The zero-order valence-electron chi connectivity index (χ0n) is 15.0. The third-order valence-electron chi connectivity index (χ3n) is 4.82. The van der Waals surface area contributed by atoms with E-state index >= 15 is 0 Å². The van der Waals surface area contributed by atoms with Crippen LogP contribution in [0.3, 0.4) is 0 Å². The minimum atomic E-state index is -0.558. The zero-order valence-corrected chi connectivity index (χ0v) is 16.6. The molecule has 2 amide bonds. The average molecular weight is 422 g/mol. The molecule has 0 fully saturated rings. The second kappa shape index (κ2) is 6.37. The topological polar surface area (TPSA) is 72.3 Å². The molecule has 0 aliphatic carbocycles. The molecule has 0 atom stereocenters. The van der Waals surface area contributed by atoms with Crippen molar-refractivity contribution in [2.45, 2.75) is 6.92 Å². The van der Waals surface area contributed by atoms with Crippen LogP contribution in [0.5, 0.6) is 0 Å². The summed E-state index contributed by atoms with van der Waals surface area (Å²) in [5, 5.41) is 3.23. The van der Waals surface area contributed by atoms with E-state index in [1.54, 1.807) is 48.5 Å². The predicted molar refractivity (Wildman–Crippen MR) is 112 cm³/mol. The monoisotopic (exact) mass is 421 g/mol. The number of carbonyl (C=O) groups is 2. The second-order valence-electron chi connectivity index (χ2n) is 6.62. The summed E-state index contributed by atoms with van der Waals surface area (Å²) in [5.41, 5.74) is 2.02. The van der Waals surface area contributed by atoms with Gasteiger partial charge in [0.15, 0.2) is 5.82 Å². The molecule has 0 saturated carbocycles. The lowest BCUT2D eigenvalue weighted by Gasteiger charge is -2.20. The molecule has 6 nitrogen and oxygen atoms in total. The molecule has 2 aromatic carbocycles. The summed E-state index contributed by atoms with van der Waals surface area (Å²) in [6.07, 6.45) is 0. The molecule has 0 bridgehead atoms. The van der Waals surface area contributed by atoms with Crippen molar-refractivity contribution in [3.8, 4) is 11.4 Å². The maximum absolute atomic E-state index is 13.4. The summed E-state index contributed by atoms with van der Waals surface area (Å²) < 4.78 is 1.46. The van der Waals surface area contributed by atoms with Crippen molar-refractivity contribution in [3.05, 3.63) is 86.0 Å². The third kappa shape index (κ3) is 2.55. The number of imide groups is 1. The Balaban J connectivity index is 1.84. The molecule has 142 valence electrons. The van der Waals surface area contributed by atoms with E-state index in [1.165, 1.54) is 11.3 Å². The van der Waals surface area contributed by atoms with Gasteiger partial charge in [0.05, 0.1) is 16.6 Å². The highest BCUT2D eigenvalue weighted by Crippen LogP contribution is 2.28. The van der Waals surface area contributed by atoms with Gasteiger partial charge in [0.2, 0.25) is 0 Å². The lowest BCUT2D eigenvalue weighted by Crippen LogP contribution is -2.47. The highest BCUT2D eigenvalue weighted by atomic mass is 35.5. The van der Waals surface area contributed by atoms with Crippen molar-refractivity contribution in [1.82, 2.24) is 9.66 Å². The van der Waals surface area contributed by atoms with Gasteiger partial charge in [-0.25, -0.2) is 4.98 Å². The standard InChI is InChI=1S/C21H12ClN3O3S/c1-11-10-29-17-16(11)23-18(12-6-8-13(22)9-7-12)24(21(17)28)25-19(26)14-4-2-3-5-15(14)20(25)27/h2-10H,1H3. The number of hydrogen-bond donors (Lipinski definition) is 0. The van der Waals surface area contributed by atoms with Crippen molar-refractivity contribution in [2.24, 2.45) is 0 Å². The van der Waals surface area contributed by atoms with Crippen molar-refractivity contribution in [3.63, 3.8) is 0 Å². The van der Waals surface area contributed by atoms with Crippen LogP contribution >= 0.6 is 22.9 Å². The summed E-state index contributed by atoms with van der Waals surface area (Å²) in [6.45, 7) is 1.86. The molecule has 1 aliphatic heterocycles. The lowest BCUT2D eigenvalue weighted by atomic mass is 10.1. The van der Waals surface area contributed by atoms with E-state index in [2.05, 4.69) is 4.98 Å². The average Bonchev–Trinajstić information content (AvgIpc) is 3.21. The fourth-order valence-corrected chi connectivity index (χ4v) is 4.44. The molecule has 29 heavy (non-hydrogen) atoms. The Morgan fingerprint density at radius 2 is 1.55 bits per heavy atom. The van der Waals surface area contributed by atoms with Gasteiger partial charge in [0, 0.05) is 10.6 Å². The van der Waals surface area contributed by atoms with E-state index in [1.807, 2.05) is 12.3 Å². The van der Waals surface area contributed by atoms with Gasteiger partial charge in [0.25, 0.3) is 17.4 Å². The lowest BCUT2D eigenvalue weighted by molar-refractivity contribution is 0.0885. The number of thiophene rings is 1. The van der Waals surface area contributed by atoms with Crippen LogP contribution in [0, 0.1) is 6.92 Å². The first kappa shape index (κ1) is 17.8. The Labute approximate surface area is 173 Å². The first-order valence-corrected chi connectivity index (χ1v) is 9.98. The fourth-order valence-electron chi connectivity index (χ4n) is 3.40. The molecule has 8 heteroatoms. The van der Waals surface area contributed by atoms with Gasteiger partial charge in [-0.05, 0) is 54.3 Å². The smallest absolute Gasteiger partial charge is 0.267 e. The number of rotatable bonds is 2. The van der Waals surface area contributed by atoms with E-state index in [0.29, 0.717) is 20.8 Å². The van der Waals surface area contributed by atoms with E-state index in [4.69, 9.17) is 11.6 Å². The predicted octanol–water partition coefficient (Wildman–Crippen LogP) is 4.02. The number of benzene rings is 2. The van der Waals surface area contributed by atoms with Crippen LogP contribution in [0.25, 0.3) is 21.6 Å². The number of carbonyl (C=O) groups excluding carboxylic acids is 2. The van der Waals surface area contributed by atoms with Crippen LogP contribution in [0.15, 0.2) is 58.7 Å². The number of nitrogens with zero attached hydrogens (tertiary/aromatic N) is 3. The van der Waals surface area contributed by atoms with E-state index < -0.39 is 17.4 Å². The van der Waals surface area contributed by atoms with E-state index in [9.17, 15) is 14.4 Å². The van der Waals surface area contributed by atoms with Crippen molar-refractivity contribution < 1.29 is 9.59 Å². The largest absolute Gasteiger partial charge is 0.291 e. The van der Waals surface area contributed by atoms with Crippen LogP contribution in [0.4, 0.5) is 0 Å². The first-order valence-electron chi connectivity index (χ1n) is 8.72. The molecule has 2 aromatic heterocycles. The highest BCUT2D eigenvalue weighted by Gasteiger charge is 2.39. The molecule has 0 N–H and O–H groups in total. The van der Waals surface area contributed by atoms with Gasteiger partial charge in [0.1, 0.15) is 4.70 Å². The summed E-state index contributed by atoms with van der Waals surface area (Å²) in [5.74, 6) is -0.912. The maximum Gasteiger partial charge on any atom is 0.291 e. The summed E-state index contributed by atoms with van der Waals surface area (Å²) in [7, 11) is 0. The highest BCUT2D eigenvalue weighted by molar-refractivity contribution is 7.17. The first-order chi connectivity index (χ1) is 14.0. The van der Waals surface area contributed by atoms with Gasteiger partial charge >= 0.3 is 0 Å². The quantitative estimate of drug-likeness (QED) is 0.458. The number of fused-ring (bicyclic) bond motifs is 2. The molecular weight excluding hydrogens is 410 g/mol. The van der Waals surface area contributed by atoms with Gasteiger partial charge in [-0.3, -0.25) is 14.4 Å². The Morgan fingerprint density at radius 1 is 0.931 bits per heavy atom. The molecule has 0 saturated heterocycles. The molecular formula is C21H12ClN3O3S. The molecule has 0 unspecified atom stereocenters. The Bertz CT molecular complexity index is 1350. The summed E-state index contributed by atoms with van der Waals surface area (Å²) >= 11 is 7.24. The minimum Gasteiger partial charge on any atom is -0.267 e. The van der Waals surface area contributed by atoms with Gasteiger partial charge < -0.3 is 0 Å². The number of halogens is 1. The second-order valence-corrected chi connectivity index (χ2v) is 7.94. The SMILES string of the molecule is Cc1csc2c(=O)n(N3C(=O)c4ccccc4C3=O)c(-c3ccc(Cl)cc3)nc12.